The normalized spacial score (nSPS) is 11.7. The average Bonchev–Trinajstić information content (AvgIpc) is 3.71. The molecule has 7 aromatic carbocycles. The van der Waals surface area contributed by atoms with Gasteiger partial charge >= 0.3 is 5.69 Å². The Morgan fingerprint density at radius 1 is 0.453 bits per heavy atom. The first-order chi connectivity index (χ1) is 26.0. The second kappa shape index (κ2) is 12.0. The lowest BCUT2D eigenvalue weighted by Gasteiger charge is -2.11. The number of hydrogen-bond acceptors (Lipinski definition) is 4. The van der Waals surface area contributed by atoms with Gasteiger partial charge in [0.05, 0.1) is 22.4 Å². The number of rotatable bonds is 5. The van der Waals surface area contributed by atoms with Crippen LogP contribution in [0.4, 0.5) is 0 Å². The van der Waals surface area contributed by atoms with Crippen molar-refractivity contribution in [1.29, 1.82) is 0 Å². The van der Waals surface area contributed by atoms with Gasteiger partial charge < -0.3 is 4.42 Å². The fourth-order valence-electron chi connectivity index (χ4n) is 7.56. The van der Waals surface area contributed by atoms with Crippen LogP contribution in [0.2, 0.25) is 0 Å². The third kappa shape index (κ3) is 5.15. The summed E-state index contributed by atoms with van der Waals surface area (Å²) in [5, 5.41) is 4.65. The molecule has 0 atom stereocenters. The van der Waals surface area contributed by atoms with Gasteiger partial charge in [0.1, 0.15) is 11.2 Å². The Kier molecular flexibility index (Phi) is 6.98. The predicted molar refractivity (Wildman–Crippen MR) is 216 cm³/mol. The van der Waals surface area contributed by atoms with Crippen molar-refractivity contribution < 1.29 is 4.42 Å². The lowest BCUT2D eigenvalue weighted by Crippen LogP contribution is -2.19. The highest BCUT2D eigenvalue weighted by atomic mass is 16.3. The standard InChI is InChI=1S/C47H32N4O2/c1-50-41-22-19-35(27-42(41)51(2)47(50)52)33-12-8-13-36(25-33)40-28-39(48-46(49-40)32-10-4-3-5-11-32)31-17-15-29(16-18-31)34-21-23-43-38(26-34)45-37-14-7-6-9-30(37)20-24-44(45)53-43/h3-28H,1-2H3. The van der Waals surface area contributed by atoms with Crippen LogP contribution in [0.1, 0.15) is 0 Å². The van der Waals surface area contributed by atoms with E-state index in [1.807, 2.05) is 43.4 Å². The molecule has 6 heteroatoms. The molecule has 0 amide bonds. The van der Waals surface area contributed by atoms with Gasteiger partial charge in [0.15, 0.2) is 5.82 Å². The van der Waals surface area contributed by atoms with Crippen LogP contribution < -0.4 is 5.69 Å². The molecule has 53 heavy (non-hydrogen) atoms. The molecule has 3 aromatic heterocycles. The van der Waals surface area contributed by atoms with Crippen molar-refractivity contribution in [3.05, 3.63) is 168 Å². The number of furan rings is 1. The Labute approximate surface area is 304 Å². The number of aryl methyl sites for hydroxylation is 2. The van der Waals surface area contributed by atoms with Gasteiger partial charge in [-0.25, -0.2) is 14.8 Å². The molecule has 0 N–H and O–H groups in total. The molecule has 3 heterocycles. The van der Waals surface area contributed by atoms with Gasteiger partial charge in [0, 0.05) is 41.6 Å². The minimum Gasteiger partial charge on any atom is -0.456 e. The van der Waals surface area contributed by atoms with E-state index in [0.29, 0.717) is 5.82 Å². The number of imidazole rings is 1. The van der Waals surface area contributed by atoms with Crippen LogP contribution in [-0.2, 0) is 14.1 Å². The van der Waals surface area contributed by atoms with Gasteiger partial charge in [-0.2, -0.15) is 0 Å². The zero-order chi connectivity index (χ0) is 35.6. The highest BCUT2D eigenvalue weighted by Crippen LogP contribution is 2.37. The summed E-state index contributed by atoms with van der Waals surface area (Å²) < 4.78 is 9.62. The number of fused-ring (bicyclic) bond motifs is 6. The van der Waals surface area contributed by atoms with Crippen molar-refractivity contribution in [2.24, 2.45) is 14.1 Å². The van der Waals surface area contributed by atoms with Gasteiger partial charge in [-0.15, -0.1) is 0 Å². The molecular weight excluding hydrogens is 653 g/mol. The van der Waals surface area contributed by atoms with E-state index in [0.717, 1.165) is 83.3 Å². The highest BCUT2D eigenvalue weighted by Gasteiger charge is 2.15. The first-order valence-electron chi connectivity index (χ1n) is 17.6. The monoisotopic (exact) mass is 684 g/mol. The summed E-state index contributed by atoms with van der Waals surface area (Å²) in [5.74, 6) is 0.665. The van der Waals surface area contributed by atoms with Gasteiger partial charge in [0.2, 0.25) is 0 Å². The van der Waals surface area contributed by atoms with E-state index in [9.17, 15) is 4.79 Å². The smallest absolute Gasteiger partial charge is 0.328 e. The predicted octanol–water partition coefficient (Wildman–Crippen LogP) is 11.1. The maximum absolute atomic E-state index is 12.6. The van der Waals surface area contributed by atoms with E-state index >= 15 is 0 Å². The second-order valence-electron chi connectivity index (χ2n) is 13.6. The fraction of sp³-hybridized carbons (Fsp3) is 0.0426. The van der Waals surface area contributed by atoms with Crippen molar-refractivity contribution in [2.75, 3.05) is 0 Å². The molecule has 0 aliphatic carbocycles. The SMILES string of the molecule is Cn1c(=O)n(C)c2cc(-c3cccc(-c4cc(-c5ccc(-c6ccc7oc8ccc9ccccc9c8c7c6)cc5)nc(-c5ccccc5)n4)c3)ccc21. The minimum absolute atomic E-state index is 0.0396. The summed E-state index contributed by atoms with van der Waals surface area (Å²) in [7, 11) is 3.62. The van der Waals surface area contributed by atoms with Crippen molar-refractivity contribution in [1.82, 2.24) is 19.1 Å². The van der Waals surface area contributed by atoms with E-state index in [4.69, 9.17) is 14.4 Å². The van der Waals surface area contributed by atoms with Crippen molar-refractivity contribution >= 4 is 43.7 Å². The fourth-order valence-corrected chi connectivity index (χ4v) is 7.56. The Hall–Kier alpha value is -7.05. The summed E-state index contributed by atoms with van der Waals surface area (Å²) in [5.41, 5.74) is 12.5. The summed E-state index contributed by atoms with van der Waals surface area (Å²) in [4.78, 5) is 22.7. The Morgan fingerprint density at radius 2 is 1.08 bits per heavy atom. The Balaban J connectivity index is 1.05. The molecule has 10 rings (SSSR count). The molecule has 10 aromatic rings. The molecule has 0 aliphatic heterocycles. The molecule has 0 fully saturated rings. The second-order valence-corrected chi connectivity index (χ2v) is 13.6. The van der Waals surface area contributed by atoms with E-state index in [1.165, 1.54) is 10.8 Å². The van der Waals surface area contributed by atoms with Crippen LogP contribution >= 0.6 is 0 Å². The number of nitrogens with zero attached hydrogens (tertiary/aromatic N) is 4. The average molecular weight is 685 g/mol. The van der Waals surface area contributed by atoms with Crippen molar-refractivity contribution in [3.63, 3.8) is 0 Å². The zero-order valence-electron chi connectivity index (χ0n) is 29.1. The molecule has 0 unspecified atom stereocenters. The summed E-state index contributed by atoms with van der Waals surface area (Å²) in [6.45, 7) is 0. The van der Waals surface area contributed by atoms with Gasteiger partial charge in [-0.1, -0.05) is 115 Å². The Bertz CT molecular complexity index is 3100. The van der Waals surface area contributed by atoms with Crippen LogP contribution in [0.15, 0.2) is 167 Å². The van der Waals surface area contributed by atoms with Crippen LogP contribution in [0.5, 0.6) is 0 Å². The summed E-state index contributed by atoms with van der Waals surface area (Å²) >= 11 is 0. The molecule has 0 saturated carbocycles. The maximum atomic E-state index is 12.6. The lowest BCUT2D eigenvalue weighted by atomic mass is 9.98. The number of benzene rings is 7. The molecular formula is C47H32N4O2. The van der Waals surface area contributed by atoms with Crippen LogP contribution in [0, 0.1) is 0 Å². The van der Waals surface area contributed by atoms with Crippen molar-refractivity contribution in [3.8, 4) is 56.2 Å². The molecule has 6 nitrogen and oxygen atoms in total. The highest BCUT2D eigenvalue weighted by molar-refractivity contribution is 6.19. The van der Waals surface area contributed by atoms with Crippen LogP contribution in [-0.4, -0.2) is 19.1 Å². The number of hydrogen-bond donors (Lipinski definition) is 0. The van der Waals surface area contributed by atoms with Gasteiger partial charge in [0.25, 0.3) is 0 Å². The quantitative estimate of drug-likeness (QED) is 0.181. The van der Waals surface area contributed by atoms with Crippen LogP contribution in [0.25, 0.3) is 99.9 Å². The molecule has 0 saturated heterocycles. The van der Waals surface area contributed by atoms with Gasteiger partial charge in [-0.3, -0.25) is 9.13 Å². The molecule has 0 radical (unpaired) electrons. The van der Waals surface area contributed by atoms with E-state index < -0.39 is 0 Å². The molecule has 0 aliphatic rings. The summed E-state index contributed by atoms with van der Waals surface area (Å²) in [6, 6.07) is 54.4. The largest absolute Gasteiger partial charge is 0.456 e. The lowest BCUT2D eigenvalue weighted by molar-refractivity contribution is 0.669. The molecule has 0 bridgehead atoms. The third-order valence-corrected chi connectivity index (χ3v) is 10.4. The Morgan fingerprint density at radius 3 is 1.92 bits per heavy atom. The van der Waals surface area contributed by atoms with E-state index in [2.05, 4.69) is 121 Å². The summed E-state index contributed by atoms with van der Waals surface area (Å²) in [6.07, 6.45) is 0. The maximum Gasteiger partial charge on any atom is 0.328 e. The molecule has 0 spiro atoms. The first-order valence-corrected chi connectivity index (χ1v) is 17.6. The third-order valence-electron chi connectivity index (χ3n) is 10.4. The van der Waals surface area contributed by atoms with Gasteiger partial charge in [-0.05, 0) is 75.5 Å². The van der Waals surface area contributed by atoms with Crippen molar-refractivity contribution in [2.45, 2.75) is 0 Å². The van der Waals surface area contributed by atoms with Crippen LogP contribution in [0.3, 0.4) is 0 Å². The van der Waals surface area contributed by atoms with E-state index in [1.54, 1.807) is 16.2 Å². The zero-order valence-corrected chi connectivity index (χ0v) is 29.1. The van der Waals surface area contributed by atoms with E-state index in [-0.39, 0.29) is 5.69 Å². The number of aromatic nitrogens is 4. The molecule has 252 valence electrons. The topological polar surface area (TPSA) is 65.8 Å². The first kappa shape index (κ1) is 30.7. The minimum atomic E-state index is -0.0396.